The van der Waals surface area contributed by atoms with Crippen LogP contribution in [0.5, 0.6) is 0 Å². The van der Waals surface area contributed by atoms with Crippen molar-refractivity contribution in [3.63, 3.8) is 0 Å². The standard InChI is InChI=1S/C17H25N3OS2/c21-17(7-2-1-5-15-8-14-22-23-15)20-12-10-19(11-13-20)16-6-3-4-9-18-16/h3-4,6,9,15H,1-2,5,7-8,10-14H2/t15-/m1/s1. The molecule has 4 nitrogen and oxygen atoms in total. The fourth-order valence-electron chi connectivity index (χ4n) is 3.10. The van der Waals surface area contributed by atoms with Crippen LogP contribution in [-0.4, -0.2) is 53.0 Å². The van der Waals surface area contributed by atoms with E-state index in [1.165, 1.54) is 25.0 Å². The molecule has 2 aliphatic rings. The molecule has 6 heteroatoms. The summed E-state index contributed by atoms with van der Waals surface area (Å²) in [4.78, 5) is 21.0. The van der Waals surface area contributed by atoms with E-state index in [-0.39, 0.29) is 0 Å². The van der Waals surface area contributed by atoms with E-state index in [4.69, 9.17) is 0 Å². The molecule has 0 aliphatic carbocycles. The Bertz CT molecular complexity index is 486. The highest BCUT2D eigenvalue weighted by molar-refractivity contribution is 8.77. The molecule has 126 valence electrons. The summed E-state index contributed by atoms with van der Waals surface area (Å²) >= 11 is 0. The van der Waals surface area contributed by atoms with E-state index in [9.17, 15) is 4.79 Å². The lowest BCUT2D eigenvalue weighted by atomic mass is 10.1. The number of rotatable bonds is 6. The molecule has 1 atom stereocenters. The summed E-state index contributed by atoms with van der Waals surface area (Å²) in [6, 6.07) is 5.99. The normalized spacial score (nSPS) is 21.7. The highest BCUT2D eigenvalue weighted by Gasteiger charge is 2.21. The zero-order chi connectivity index (χ0) is 15.9. The van der Waals surface area contributed by atoms with Gasteiger partial charge in [0.15, 0.2) is 0 Å². The molecule has 0 saturated carbocycles. The lowest BCUT2D eigenvalue weighted by Gasteiger charge is -2.35. The molecule has 23 heavy (non-hydrogen) atoms. The second-order valence-electron chi connectivity index (χ2n) is 6.13. The summed E-state index contributed by atoms with van der Waals surface area (Å²) in [5.41, 5.74) is 0. The van der Waals surface area contributed by atoms with E-state index >= 15 is 0 Å². The minimum absolute atomic E-state index is 0.333. The first kappa shape index (κ1) is 17.0. The van der Waals surface area contributed by atoms with Gasteiger partial charge >= 0.3 is 0 Å². The Labute approximate surface area is 146 Å². The van der Waals surface area contributed by atoms with E-state index in [1.54, 1.807) is 0 Å². The fraction of sp³-hybridized carbons (Fsp3) is 0.647. The van der Waals surface area contributed by atoms with Crippen molar-refractivity contribution >= 4 is 33.3 Å². The number of hydrogen-bond acceptors (Lipinski definition) is 5. The molecule has 2 aliphatic heterocycles. The number of amides is 1. The van der Waals surface area contributed by atoms with Crippen LogP contribution < -0.4 is 4.90 Å². The first-order valence-electron chi connectivity index (χ1n) is 8.55. The maximum Gasteiger partial charge on any atom is 0.222 e. The third kappa shape index (κ3) is 5.05. The SMILES string of the molecule is O=C(CCCC[C@@H]1CCSS1)N1CCN(c2ccccn2)CC1. The third-order valence-corrected chi connectivity index (χ3v) is 7.51. The van der Waals surface area contributed by atoms with Crippen LogP contribution >= 0.6 is 21.6 Å². The zero-order valence-corrected chi connectivity index (χ0v) is 15.2. The highest BCUT2D eigenvalue weighted by atomic mass is 33.1. The van der Waals surface area contributed by atoms with E-state index in [0.717, 1.165) is 43.7 Å². The van der Waals surface area contributed by atoms with Crippen LogP contribution in [0.1, 0.15) is 32.1 Å². The van der Waals surface area contributed by atoms with Gasteiger partial charge in [0, 0.05) is 49.8 Å². The topological polar surface area (TPSA) is 36.4 Å². The molecule has 0 N–H and O–H groups in total. The Hall–Kier alpha value is -0.880. The number of aromatic nitrogens is 1. The Morgan fingerprint density at radius 1 is 1.22 bits per heavy atom. The van der Waals surface area contributed by atoms with Crippen LogP contribution in [0.25, 0.3) is 0 Å². The molecule has 1 aromatic rings. The van der Waals surface area contributed by atoms with Crippen LogP contribution in [-0.2, 0) is 4.79 Å². The lowest BCUT2D eigenvalue weighted by Crippen LogP contribution is -2.49. The van der Waals surface area contributed by atoms with Crippen molar-refractivity contribution in [3.8, 4) is 0 Å². The van der Waals surface area contributed by atoms with E-state index in [2.05, 4.69) is 9.88 Å². The van der Waals surface area contributed by atoms with Gasteiger partial charge in [0.05, 0.1) is 0 Å². The molecule has 0 aromatic carbocycles. The Morgan fingerprint density at radius 2 is 2.09 bits per heavy atom. The van der Waals surface area contributed by atoms with Gasteiger partial charge in [0.2, 0.25) is 5.91 Å². The van der Waals surface area contributed by atoms with Gasteiger partial charge in [0.1, 0.15) is 5.82 Å². The van der Waals surface area contributed by atoms with Crippen molar-refractivity contribution in [2.45, 2.75) is 37.4 Å². The van der Waals surface area contributed by atoms with Gasteiger partial charge in [0.25, 0.3) is 0 Å². The molecule has 0 bridgehead atoms. The Morgan fingerprint density at radius 3 is 2.78 bits per heavy atom. The van der Waals surface area contributed by atoms with Gasteiger partial charge in [-0.3, -0.25) is 4.79 Å². The van der Waals surface area contributed by atoms with E-state index < -0.39 is 0 Å². The molecular weight excluding hydrogens is 326 g/mol. The van der Waals surface area contributed by atoms with Crippen LogP contribution in [0, 0.1) is 0 Å². The van der Waals surface area contributed by atoms with Crippen molar-refractivity contribution in [1.82, 2.24) is 9.88 Å². The molecule has 1 aromatic heterocycles. The number of unbranched alkanes of at least 4 members (excludes halogenated alkanes) is 1. The predicted octanol–water partition coefficient (Wildman–Crippen LogP) is 3.44. The maximum atomic E-state index is 12.3. The van der Waals surface area contributed by atoms with Crippen LogP contribution in [0.3, 0.4) is 0 Å². The first-order valence-corrected chi connectivity index (χ1v) is 10.9. The summed E-state index contributed by atoms with van der Waals surface area (Å²) < 4.78 is 0. The number of pyridine rings is 1. The molecule has 0 spiro atoms. The maximum absolute atomic E-state index is 12.3. The van der Waals surface area contributed by atoms with Gasteiger partial charge in [-0.05, 0) is 31.4 Å². The quantitative estimate of drug-likeness (QED) is 0.579. The van der Waals surface area contributed by atoms with E-state index in [0.29, 0.717) is 12.3 Å². The highest BCUT2D eigenvalue weighted by Crippen LogP contribution is 2.39. The van der Waals surface area contributed by atoms with Crippen molar-refractivity contribution in [3.05, 3.63) is 24.4 Å². The summed E-state index contributed by atoms with van der Waals surface area (Å²) in [6.45, 7) is 3.42. The van der Waals surface area contributed by atoms with Gasteiger partial charge in [-0.2, -0.15) is 0 Å². The Kier molecular flexibility index (Phi) is 6.51. The smallest absolute Gasteiger partial charge is 0.222 e. The molecule has 2 fully saturated rings. The average molecular weight is 352 g/mol. The van der Waals surface area contributed by atoms with Gasteiger partial charge in [-0.1, -0.05) is 34.1 Å². The lowest BCUT2D eigenvalue weighted by molar-refractivity contribution is -0.131. The zero-order valence-electron chi connectivity index (χ0n) is 13.5. The molecule has 3 rings (SSSR count). The summed E-state index contributed by atoms with van der Waals surface area (Å²) in [5, 5.41) is 0.831. The fourth-order valence-corrected chi connectivity index (χ4v) is 6.12. The summed E-state index contributed by atoms with van der Waals surface area (Å²) in [5.74, 6) is 2.65. The minimum atomic E-state index is 0.333. The van der Waals surface area contributed by atoms with Gasteiger partial charge < -0.3 is 9.80 Å². The molecule has 0 radical (unpaired) electrons. The molecule has 2 saturated heterocycles. The summed E-state index contributed by atoms with van der Waals surface area (Å²) in [6.07, 6.45) is 7.40. The van der Waals surface area contributed by atoms with Gasteiger partial charge in [-0.25, -0.2) is 4.98 Å². The number of hydrogen-bond donors (Lipinski definition) is 0. The average Bonchev–Trinajstić information content (AvgIpc) is 3.13. The molecule has 3 heterocycles. The molecule has 1 amide bonds. The molecular formula is C17H25N3OS2. The summed E-state index contributed by atoms with van der Waals surface area (Å²) in [7, 11) is 4.04. The molecule has 0 unspecified atom stereocenters. The number of nitrogens with zero attached hydrogens (tertiary/aromatic N) is 3. The van der Waals surface area contributed by atoms with Crippen molar-refractivity contribution in [2.75, 3.05) is 36.8 Å². The Balaban J connectivity index is 1.33. The van der Waals surface area contributed by atoms with Crippen LogP contribution in [0.4, 0.5) is 5.82 Å². The minimum Gasteiger partial charge on any atom is -0.353 e. The van der Waals surface area contributed by atoms with Crippen LogP contribution in [0.15, 0.2) is 24.4 Å². The van der Waals surface area contributed by atoms with E-state index in [1.807, 2.05) is 50.9 Å². The third-order valence-electron chi connectivity index (χ3n) is 4.50. The van der Waals surface area contributed by atoms with Crippen molar-refractivity contribution in [2.24, 2.45) is 0 Å². The number of carbonyl (C=O) groups is 1. The van der Waals surface area contributed by atoms with Crippen molar-refractivity contribution in [1.29, 1.82) is 0 Å². The second kappa shape index (κ2) is 8.83. The monoisotopic (exact) mass is 351 g/mol. The van der Waals surface area contributed by atoms with Crippen LogP contribution in [0.2, 0.25) is 0 Å². The largest absolute Gasteiger partial charge is 0.353 e. The second-order valence-corrected chi connectivity index (χ2v) is 8.92. The predicted molar refractivity (Wildman–Crippen MR) is 100.0 cm³/mol. The number of anilines is 1. The number of piperazine rings is 1. The number of carbonyl (C=O) groups excluding carboxylic acids is 1. The van der Waals surface area contributed by atoms with Crippen molar-refractivity contribution < 1.29 is 4.79 Å². The first-order chi connectivity index (χ1) is 11.3. The van der Waals surface area contributed by atoms with Gasteiger partial charge in [-0.15, -0.1) is 0 Å².